The third kappa shape index (κ3) is 5.42. The van der Waals surface area contributed by atoms with Crippen molar-refractivity contribution in [1.29, 1.82) is 5.26 Å². The Morgan fingerprint density at radius 1 is 1.55 bits per heavy atom. The van der Waals surface area contributed by atoms with E-state index in [1.807, 2.05) is 6.07 Å². The smallest absolute Gasteiger partial charge is 0.267 e. The standard InChI is InChI=1S/C14H17N3O3/c1-20-7-3-6-16-10-11(9-15)14(19)17-12-4-2-5-13(18)8-12/h2,4-5,8,10,16,18H,3,6-7H2,1H3,(H,17,19)/b11-10-. The molecule has 1 amide bonds. The topological polar surface area (TPSA) is 94.4 Å². The van der Waals surface area contributed by atoms with Crippen LogP contribution in [0.15, 0.2) is 36.0 Å². The minimum Gasteiger partial charge on any atom is -0.508 e. The molecule has 0 fully saturated rings. The quantitative estimate of drug-likeness (QED) is 0.397. The van der Waals surface area contributed by atoms with Gasteiger partial charge in [-0.05, 0) is 18.6 Å². The van der Waals surface area contributed by atoms with Crippen LogP contribution in [0.1, 0.15) is 6.42 Å². The number of carbonyl (C=O) groups excluding carboxylic acids is 1. The van der Waals surface area contributed by atoms with Crippen molar-refractivity contribution < 1.29 is 14.6 Å². The number of amides is 1. The second kappa shape index (κ2) is 8.56. The van der Waals surface area contributed by atoms with Crippen molar-refractivity contribution >= 4 is 11.6 Å². The van der Waals surface area contributed by atoms with Crippen LogP contribution in [0, 0.1) is 11.3 Å². The molecule has 106 valence electrons. The van der Waals surface area contributed by atoms with Gasteiger partial charge in [-0.1, -0.05) is 6.07 Å². The minimum atomic E-state index is -0.530. The van der Waals surface area contributed by atoms with Crippen LogP contribution < -0.4 is 10.6 Å². The van der Waals surface area contributed by atoms with Crippen molar-refractivity contribution in [3.63, 3.8) is 0 Å². The SMILES string of the molecule is COCCCN/C=C(/C#N)C(=O)Nc1cccc(O)c1. The molecular formula is C14H17N3O3. The number of aromatic hydroxyl groups is 1. The molecular weight excluding hydrogens is 258 g/mol. The van der Waals surface area contributed by atoms with E-state index in [9.17, 15) is 9.90 Å². The summed E-state index contributed by atoms with van der Waals surface area (Å²) in [6, 6.07) is 7.94. The van der Waals surface area contributed by atoms with Gasteiger partial charge in [0.2, 0.25) is 0 Å². The van der Waals surface area contributed by atoms with Gasteiger partial charge in [0.05, 0.1) is 0 Å². The minimum absolute atomic E-state index is 0.0363. The fraction of sp³-hybridized carbons (Fsp3) is 0.286. The first-order valence-corrected chi connectivity index (χ1v) is 6.10. The molecule has 1 rings (SSSR count). The lowest BCUT2D eigenvalue weighted by Crippen LogP contribution is -2.17. The molecule has 0 spiro atoms. The van der Waals surface area contributed by atoms with Crippen LogP contribution in [-0.4, -0.2) is 31.3 Å². The highest BCUT2D eigenvalue weighted by molar-refractivity contribution is 6.06. The van der Waals surface area contributed by atoms with E-state index in [4.69, 9.17) is 10.00 Å². The number of methoxy groups -OCH3 is 1. The summed E-state index contributed by atoms with van der Waals surface area (Å²) in [6.45, 7) is 1.22. The highest BCUT2D eigenvalue weighted by Crippen LogP contribution is 2.15. The normalized spacial score (nSPS) is 10.7. The molecule has 6 nitrogen and oxygen atoms in total. The van der Waals surface area contributed by atoms with Crippen molar-refractivity contribution in [2.24, 2.45) is 0 Å². The zero-order chi connectivity index (χ0) is 14.8. The summed E-state index contributed by atoms with van der Waals surface area (Å²) in [7, 11) is 1.61. The Balaban J connectivity index is 2.55. The van der Waals surface area contributed by atoms with Gasteiger partial charge in [-0.2, -0.15) is 5.26 Å². The van der Waals surface area contributed by atoms with Crippen molar-refractivity contribution in [2.45, 2.75) is 6.42 Å². The van der Waals surface area contributed by atoms with Crippen LogP contribution in [-0.2, 0) is 9.53 Å². The molecule has 0 radical (unpaired) electrons. The predicted octanol–water partition coefficient (Wildman–Crippen LogP) is 1.36. The summed E-state index contributed by atoms with van der Waals surface area (Å²) >= 11 is 0. The van der Waals surface area contributed by atoms with E-state index in [-0.39, 0.29) is 11.3 Å². The Bertz CT molecular complexity index is 521. The van der Waals surface area contributed by atoms with Gasteiger partial charge in [-0.25, -0.2) is 0 Å². The predicted molar refractivity (Wildman–Crippen MR) is 74.9 cm³/mol. The molecule has 0 saturated carbocycles. The number of nitrogens with one attached hydrogen (secondary N) is 2. The van der Waals surface area contributed by atoms with E-state index < -0.39 is 5.91 Å². The number of phenols is 1. The van der Waals surface area contributed by atoms with Crippen molar-refractivity contribution in [2.75, 3.05) is 25.6 Å². The largest absolute Gasteiger partial charge is 0.508 e. The first-order valence-electron chi connectivity index (χ1n) is 6.10. The molecule has 1 aromatic rings. The maximum Gasteiger partial charge on any atom is 0.267 e. The van der Waals surface area contributed by atoms with Crippen LogP contribution in [0.5, 0.6) is 5.75 Å². The molecule has 0 aromatic heterocycles. The Kier molecular flexibility index (Phi) is 6.65. The average molecular weight is 275 g/mol. The number of rotatable bonds is 7. The lowest BCUT2D eigenvalue weighted by atomic mass is 10.2. The third-order valence-corrected chi connectivity index (χ3v) is 2.39. The van der Waals surface area contributed by atoms with Crippen LogP contribution in [0.25, 0.3) is 0 Å². The molecule has 0 aliphatic carbocycles. The van der Waals surface area contributed by atoms with Gasteiger partial charge in [0.1, 0.15) is 17.4 Å². The molecule has 0 unspecified atom stereocenters. The molecule has 0 aliphatic rings. The number of hydrogen-bond donors (Lipinski definition) is 3. The summed E-state index contributed by atoms with van der Waals surface area (Å²) in [5, 5.41) is 23.6. The fourth-order valence-electron chi connectivity index (χ4n) is 1.42. The van der Waals surface area contributed by atoms with E-state index in [1.165, 1.54) is 18.3 Å². The molecule has 0 bridgehead atoms. The summed E-state index contributed by atoms with van der Waals surface area (Å²) in [5.41, 5.74) is 0.390. The number of ether oxygens (including phenoxy) is 1. The molecule has 0 aliphatic heterocycles. The summed E-state index contributed by atoms with van der Waals surface area (Å²) < 4.78 is 4.88. The van der Waals surface area contributed by atoms with Gasteiger partial charge >= 0.3 is 0 Å². The number of anilines is 1. The van der Waals surface area contributed by atoms with Crippen molar-refractivity contribution in [3.05, 3.63) is 36.0 Å². The summed E-state index contributed by atoms with van der Waals surface area (Å²) in [6.07, 6.45) is 2.15. The molecule has 3 N–H and O–H groups in total. The van der Waals surface area contributed by atoms with Gasteiger partial charge in [0, 0.05) is 38.2 Å². The van der Waals surface area contributed by atoms with E-state index in [1.54, 1.807) is 19.2 Å². The number of phenolic OH excluding ortho intramolecular Hbond substituents is 1. The van der Waals surface area contributed by atoms with E-state index in [0.29, 0.717) is 18.8 Å². The fourth-order valence-corrected chi connectivity index (χ4v) is 1.42. The van der Waals surface area contributed by atoms with E-state index in [0.717, 1.165) is 6.42 Å². The zero-order valence-electron chi connectivity index (χ0n) is 11.2. The zero-order valence-corrected chi connectivity index (χ0v) is 11.2. The first kappa shape index (κ1) is 15.5. The lowest BCUT2D eigenvalue weighted by Gasteiger charge is -2.05. The number of hydrogen-bond acceptors (Lipinski definition) is 5. The van der Waals surface area contributed by atoms with Gasteiger partial charge in [-0.15, -0.1) is 0 Å². The Hall–Kier alpha value is -2.52. The number of nitriles is 1. The Labute approximate surface area is 117 Å². The second-order valence-electron chi connectivity index (χ2n) is 3.97. The second-order valence-corrected chi connectivity index (χ2v) is 3.97. The molecule has 1 aromatic carbocycles. The average Bonchev–Trinajstić information content (AvgIpc) is 2.42. The van der Waals surface area contributed by atoms with Crippen LogP contribution in [0.3, 0.4) is 0 Å². The maximum atomic E-state index is 11.8. The van der Waals surface area contributed by atoms with Crippen LogP contribution >= 0.6 is 0 Å². The molecule has 0 heterocycles. The molecule has 0 atom stereocenters. The van der Waals surface area contributed by atoms with Gasteiger partial charge < -0.3 is 20.5 Å². The monoisotopic (exact) mass is 275 g/mol. The number of nitrogens with zero attached hydrogens (tertiary/aromatic N) is 1. The maximum absolute atomic E-state index is 11.8. The third-order valence-electron chi connectivity index (χ3n) is 2.39. The summed E-state index contributed by atoms with van der Waals surface area (Å²) in [4.78, 5) is 11.8. The van der Waals surface area contributed by atoms with Crippen LogP contribution in [0.2, 0.25) is 0 Å². The van der Waals surface area contributed by atoms with Crippen molar-refractivity contribution in [1.82, 2.24) is 5.32 Å². The van der Waals surface area contributed by atoms with E-state index >= 15 is 0 Å². The Morgan fingerprint density at radius 2 is 2.35 bits per heavy atom. The summed E-state index contributed by atoms with van der Waals surface area (Å²) in [5.74, 6) is -0.486. The highest BCUT2D eigenvalue weighted by atomic mass is 16.5. The number of benzene rings is 1. The highest BCUT2D eigenvalue weighted by Gasteiger charge is 2.09. The van der Waals surface area contributed by atoms with Gasteiger partial charge in [0.25, 0.3) is 5.91 Å². The van der Waals surface area contributed by atoms with Gasteiger partial charge in [0.15, 0.2) is 0 Å². The first-order chi connectivity index (χ1) is 9.67. The molecule has 6 heteroatoms. The Morgan fingerprint density at radius 3 is 3.00 bits per heavy atom. The van der Waals surface area contributed by atoms with Gasteiger partial charge in [-0.3, -0.25) is 4.79 Å². The van der Waals surface area contributed by atoms with Crippen molar-refractivity contribution in [3.8, 4) is 11.8 Å². The van der Waals surface area contributed by atoms with Crippen LogP contribution in [0.4, 0.5) is 5.69 Å². The number of carbonyl (C=O) groups is 1. The van der Waals surface area contributed by atoms with E-state index in [2.05, 4.69) is 10.6 Å². The molecule has 20 heavy (non-hydrogen) atoms. The lowest BCUT2D eigenvalue weighted by molar-refractivity contribution is -0.112. The molecule has 0 saturated heterocycles.